The molecule has 2 rings (SSSR count). The van der Waals surface area contributed by atoms with Crippen molar-refractivity contribution in [3.05, 3.63) is 54.1 Å². The number of aromatic nitrogens is 2. The topological polar surface area (TPSA) is 47.0 Å². The zero-order valence-corrected chi connectivity index (χ0v) is 12.6. The maximum absolute atomic E-state index is 5.87. The Morgan fingerprint density at radius 2 is 1.90 bits per heavy atom. The van der Waals surface area contributed by atoms with Crippen LogP contribution in [0.4, 0.5) is 0 Å². The third-order valence-corrected chi connectivity index (χ3v) is 3.23. The lowest BCUT2D eigenvalue weighted by atomic mass is 10.1. The van der Waals surface area contributed by atoms with Crippen molar-refractivity contribution in [2.45, 2.75) is 32.7 Å². The van der Waals surface area contributed by atoms with Gasteiger partial charge in [0.15, 0.2) is 0 Å². The Hall–Kier alpha value is -1.94. The van der Waals surface area contributed by atoms with Crippen LogP contribution in [0.15, 0.2) is 43.0 Å². The van der Waals surface area contributed by atoms with Gasteiger partial charge in [0.25, 0.3) is 0 Å². The van der Waals surface area contributed by atoms with Crippen LogP contribution < -0.4 is 10.1 Å². The van der Waals surface area contributed by atoms with Crippen molar-refractivity contribution in [2.24, 2.45) is 0 Å². The fraction of sp³-hybridized carbons (Fsp3) is 0.412. The molecule has 0 atom stereocenters. The predicted molar refractivity (Wildman–Crippen MR) is 84.3 cm³/mol. The molecule has 0 aliphatic carbocycles. The van der Waals surface area contributed by atoms with Crippen LogP contribution in [0.3, 0.4) is 0 Å². The normalized spacial score (nSPS) is 10.5. The molecule has 4 heteroatoms. The first-order valence-electron chi connectivity index (χ1n) is 7.55. The van der Waals surface area contributed by atoms with Crippen LogP contribution in [-0.2, 0) is 13.0 Å². The van der Waals surface area contributed by atoms with E-state index in [2.05, 4.69) is 22.2 Å². The maximum Gasteiger partial charge on any atom is 0.142 e. The average molecular weight is 285 g/mol. The molecule has 4 nitrogen and oxygen atoms in total. The van der Waals surface area contributed by atoms with E-state index < -0.39 is 0 Å². The van der Waals surface area contributed by atoms with Crippen molar-refractivity contribution in [3.63, 3.8) is 0 Å². The highest BCUT2D eigenvalue weighted by molar-refractivity contribution is 5.29. The first-order chi connectivity index (χ1) is 10.4. The molecule has 0 radical (unpaired) electrons. The number of aryl methyl sites for hydroxylation is 1. The summed E-state index contributed by atoms with van der Waals surface area (Å²) in [6, 6.07) is 6.11. The minimum absolute atomic E-state index is 0.703. The quantitative estimate of drug-likeness (QED) is 0.720. The maximum atomic E-state index is 5.87. The molecule has 0 saturated carbocycles. The standard InChI is InChI=1S/C17H23N3O/c1-2-8-19-13-16-7-11-20-14-17(16)21-12-3-4-15-5-9-18-10-6-15/h5-7,9-11,14,19H,2-4,8,12-13H2,1H3. The summed E-state index contributed by atoms with van der Waals surface area (Å²) >= 11 is 0. The van der Waals surface area contributed by atoms with E-state index >= 15 is 0 Å². The lowest BCUT2D eigenvalue weighted by molar-refractivity contribution is 0.306. The summed E-state index contributed by atoms with van der Waals surface area (Å²) in [5.41, 5.74) is 2.46. The van der Waals surface area contributed by atoms with Crippen LogP contribution in [0.1, 0.15) is 30.9 Å². The van der Waals surface area contributed by atoms with Gasteiger partial charge in [0.05, 0.1) is 12.8 Å². The number of rotatable bonds is 9. The molecule has 0 aliphatic rings. The Morgan fingerprint density at radius 3 is 2.71 bits per heavy atom. The number of hydrogen-bond acceptors (Lipinski definition) is 4. The molecule has 0 aliphatic heterocycles. The summed E-state index contributed by atoms with van der Waals surface area (Å²) in [5, 5.41) is 3.39. The van der Waals surface area contributed by atoms with Crippen LogP contribution in [0.25, 0.3) is 0 Å². The summed E-state index contributed by atoms with van der Waals surface area (Å²) in [6.07, 6.45) is 10.4. The highest BCUT2D eigenvalue weighted by Gasteiger charge is 2.03. The summed E-state index contributed by atoms with van der Waals surface area (Å²) in [6.45, 7) is 4.71. The molecule has 0 aromatic carbocycles. The van der Waals surface area contributed by atoms with Crippen molar-refractivity contribution in [3.8, 4) is 5.75 Å². The number of pyridine rings is 2. The van der Waals surface area contributed by atoms with Crippen LogP contribution in [0.2, 0.25) is 0 Å². The van der Waals surface area contributed by atoms with Gasteiger partial charge in [-0.25, -0.2) is 0 Å². The fourth-order valence-corrected chi connectivity index (χ4v) is 2.09. The molecular formula is C17H23N3O. The van der Waals surface area contributed by atoms with Gasteiger partial charge in [-0.2, -0.15) is 0 Å². The largest absolute Gasteiger partial charge is 0.492 e. The van der Waals surface area contributed by atoms with E-state index in [9.17, 15) is 0 Å². The van der Waals surface area contributed by atoms with E-state index in [0.717, 1.165) is 38.1 Å². The Bertz CT molecular complexity index is 516. The summed E-state index contributed by atoms with van der Waals surface area (Å²) in [5.74, 6) is 0.885. The summed E-state index contributed by atoms with van der Waals surface area (Å²) in [4.78, 5) is 8.17. The van der Waals surface area contributed by atoms with Gasteiger partial charge >= 0.3 is 0 Å². The molecule has 0 unspecified atom stereocenters. The third-order valence-electron chi connectivity index (χ3n) is 3.23. The first kappa shape index (κ1) is 15.4. The average Bonchev–Trinajstić information content (AvgIpc) is 2.54. The molecule has 0 saturated heterocycles. The van der Waals surface area contributed by atoms with E-state index in [4.69, 9.17) is 4.74 Å². The second-order valence-electron chi connectivity index (χ2n) is 4.97. The number of ether oxygens (including phenoxy) is 1. The Kier molecular flexibility index (Phi) is 6.68. The molecule has 112 valence electrons. The number of nitrogens with zero attached hydrogens (tertiary/aromatic N) is 2. The van der Waals surface area contributed by atoms with Crippen molar-refractivity contribution in [2.75, 3.05) is 13.2 Å². The van der Waals surface area contributed by atoms with Gasteiger partial charge < -0.3 is 10.1 Å². The lowest BCUT2D eigenvalue weighted by Gasteiger charge is -2.11. The molecule has 0 amide bonds. The van der Waals surface area contributed by atoms with Gasteiger partial charge in [-0.05, 0) is 49.6 Å². The van der Waals surface area contributed by atoms with Crippen LogP contribution in [0.5, 0.6) is 5.75 Å². The third kappa shape index (κ3) is 5.52. The van der Waals surface area contributed by atoms with E-state index in [0.29, 0.717) is 6.61 Å². The van der Waals surface area contributed by atoms with E-state index in [1.807, 2.05) is 36.8 Å². The van der Waals surface area contributed by atoms with Crippen LogP contribution >= 0.6 is 0 Å². The minimum atomic E-state index is 0.703. The zero-order valence-electron chi connectivity index (χ0n) is 12.6. The van der Waals surface area contributed by atoms with E-state index in [1.54, 1.807) is 6.20 Å². The monoisotopic (exact) mass is 285 g/mol. The van der Waals surface area contributed by atoms with Crippen LogP contribution in [0, 0.1) is 0 Å². The van der Waals surface area contributed by atoms with Gasteiger partial charge in [-0.1, -0.05) is 6.92 Å². The summed E-state index contributed by atoms with van der Waals surface area (Å²) in [7, 11) is 0. The molecule has 1 N–H and O–H groups in total. The van der Waals surface area contributed by atoms with Crippen molar-refractivity contribution >= 4 is 0 Å². The minimum Gasteiger partial charge on any atom is -0.492 e. The predicted octanol–water partition coefficient (Wildman–Crippen LogP) is 2.99. The fourth-order valence-electron chi connectivity index (χ4n) is 2.09. The van der Waals surface area contributed by atoms with Gasteiger partial charge in [0.1, 0.15) is 5.75 Å². The van der Waals surface area contributed by atoms with Crippen molar-refractivity contribution in [1.82, 2.24) is 15.3 Å². The van der Waals surface area contributed by atoms with Crippen molar-refractivity contribution < 1.29 is 4.74 Å². The molecule has 2 aromatic rings. The van der Waals surface area contributed by atoms with Gasteiger partial charge in [0, 0.05) is 30.7 Å². The van der Waals surface area contributed by atoms with E-state index in [1.165, 1.54) is 11.1 Å². The molecular weight excluding hydrogens is 262 g/mol. The molecule has 2 aromatic heterocycles. The SMILES string of the molecule is CCCNCc1ccncc1OCCCc1ccncc1. The van der Waals surface area contributed by atoms with Gasteiger partial charge in [-0.15, -0.1) is 0 Å². The highest BCUT2D eigenvalue weighted by Crippen LogP contribution is 2.16. The van der Waals surface area contributed by atoms with Crippen LogP contribution in [-0.4, -0.2) is 23.1 Å². The van der Waals surface area contributed by atoms with Gasteiger partial charge in [0.2, 0.25) is 0 Å². The molecule has 0 fully saturated rings. The zero-order chi connectivity index (χ0) is 14.8. The molecule has 2 heterocycles. The van der Waals surface area contributed by atoms with Gasteiger partial charge in [-0.3, -0.25) is 9.97 Å². The Labute approximate surface area is 126 Å². The highest BCUT2D eigenvalue weighted by atomic mass is 16.5. The molecule has 0 bridgehead atoms. The first-order valence-corrected chi connectivity index (χ1v) is 7.55. The number of nitrogens with one attached hydrogen (secondary N) is 1. The smallest absolute Gasteiger partial charge is 0.142 e. The van der Waals surface area contributed by atoms with Crippen molar-refractivity contribution in [1.29, 1.82) is 0 Å². The van der Waals surface area contributed by atoms with E-state index in [-0.39, 0.29) is 0 Å². The molecule has 0 spiro atoms. The Balaban J connectivity index is 1.77. The molecule has 21 heavy (non-hydrogen) atoms. The number of hydrogen-bond donors (Lipinski definition) is 1. The Morgan fingerprint density at radius 1 is 1.10 bits per heavy atom. The summed E-state index contributed by atoms with van der Waals surface area (Å²) < 4.78 is 5.87. The lowest BCUT2D eigenvalue weighted by Crippen LogP contribution is -2.15. The second kappa shape index (κ2) is 9.08. The second-order valence-corrected chi connectivity index (χ2v) is 4.97.